The Bertz CT molecular complexity index is 456. The molecule has 1 heterocycles. The van der Waals surface area contributed by atoms with Crippen molar-refractivity contribution in [3.05, 3.63) is 29.8 Å². The molecule has 1 amide bonds. The minimum absolute atomic E-state index is 0.0251. The largest absolute Gasteiger partial charge is 0.497 e. The van der Waals surface area contributed by atoms with Gasteiger partial charge in [0.05, 0.1) is 20.3 Å². The maximum Gasteiger partial charge on any atom is 0.248 e. The molecule has 0 radical (unpaired) electrons. The maximum atomic E-state index is 12.1. The maximum absolute atomic E-state index is 12.1. The fourth-order valence-electron chi connectivity index (χ4n) is 2.43. The van der Waals surface area contributed by atoms with E-state index in [-0.39, 0.29) is 19.1 Å². The summed E-state index contributed by atoms with van der Waals surface area (Å²) in [7, 11) is 1.63. The smallest absolute Gasteiger partial charge is 0.248 e. The zero-order chi connectivity index (χ0) is 15.8. The van der Waals surface area contributed by atoms with Crippen molar-refractivity contribution in [2.75, 3.05) is 53.0 Å². The molecule has 0 bridgehead atoms. The number of ether oxygens (including phenoxy) is 2. The first-order chi connectivity index (χ1) is 10.7. The quantitative estimate of drug-likeness (QED) is 0.787. The molecule has 6 heteroatoms. The summed E-state index contributed by atoms with van der Waals surface area (Å²) in [4.78, 5) is 16.0. The van der Waals surface area contributed by atoms with Crippen LogP contribution in [0.4, 0.5) is 0 Å². The zero-order valence-corrected chi connectivity index (χ0v) is 13.0. The van der Waals surface area contributed by atoms with E-state index in [0.29, 0.717) is 26.2 Å². The third kappa shape index (κ3) is 4.98. The summed E-state index contributed by atoms with van der Waals surface area (Å²) in [6.45, 7) is 4.38. The van der Waals surface area contributed by atoms with Crippen molar-refractivity contribution >= 4 is 5.91 Å². The van der Waals surface area contributed by atoms with Crippen LogP contribution in [-0.4, -0.2) is 73.9 Å². The third-order valence-corrected chi connectivity index (χ3v) is 3.79. The van der Waals surface area contributed by atoms with Crippen LogP contribution in [0.2, 0.25) is 0 Å². The Kier molecular flexibility index (Phi) is 6.64. The lowest BCUT2D eigenvalue weighted by Crippen LogP contribution is -2.50. The number of rotatable bonds is 7. The summed E-state index contributed by atoms with van der Waals surface area (Å²) in [5.41, 5.74) is 1.02. The highest BCUT2D eigenvalue weighted by molar-refractivity contribution is 5.77. The number of benzene rings is 1. The Labute approximate surface area is 131 Å². The van der Waals surface area contributed by atoms with E-state index < -0.39 is 0 Å². The molecule has 2 rings (SSSR count). The van der Waals surface area contributed by atoms with Gasteiger partial charge in [0, 0.05) is 32.7 Å². The van der Waals surface area contributed by atoms with Crippen molar-refractivity contribution in [1.82, 2.24) is 9.80 Å². The number of piperazine rings is 1. The van der Waals surface area contributed by atoms with Crippen LogP contribution in [0.1, 0.15) is 5.56 Å². The molecule has 0 saturated carbocycles. The monoisotopic (exact) mass is 308 g/mol. The molecule has 122 valence electrons. The van der Waals surface area contributed by atoms with Crippen molar-refractivity contribution in [3.8, 4) is 5.75 Å². The van der Waals surface area contributed by atoms with Crippen LogP contribution in [0, 0.1) is 0 Å². The van der Waals surface area contributed by atoms with Gasteiger partial charge in [-0.3, -0.25) is 9.69 Å². The third-order valence-electron chi connectivity index (χ3n) is 3.79. The standard InChI is InChI=1S/C16H24N2O4/c1-21-15-4-2-14(3-5-15)12-22-13-16(20)18-8-6-17(7-9-18)10-11-19/h2-5,19H,6-13H2,1H3. The lowest BCUT2D eigenvalue weighted by atomic mass is 10.2. The fourth-order valence-corrected chi connectivity index (χ4v) is 2.43. The van der Waals surface area contributed by atoms with Gasteiger partial charge >= 0.3 is 0 Å². The minimum Gasteiger partial charge on any atom is -0.497 e. The lowest BCUT2D eigenvalue weighted by molar-refractivity contribution is -0.138. The van der Waals surface area contributed by atoms with Gasteiger partial charge < -0.3 is 19.5 Å². The van der Waals surface area contributed by atoms with Crippen LogP contribution in [0.15, 0.2) is 24.3 Å². The molecule has 0 aliphatic carbocycles. The molecule has 0 unspecified atom stereocenters. The molecule has 1 aliphatic heterocycles. The molecule has 1 N–H and O–H groups in total. The van der Waals surface area contributed by atoms with Crippen molar-refractivity contribution in [1.29, 1.82) is 0 Å². The van der Waals surface area contributed by atoms with Crippen LogP contribution in [0.5, 0.6) is 5.75 Å². The summed E-state index contributed by atoms with van der Waals surface area (Å²) >= 11 is 0. The second-order valence-corrected chi connectivity index (χ2v) is 5.29. The SMILES string of the molecule is COc1ccc(COCC(=O)N2CCN(CCO)CC2)cc1. The predicted octanol–water partition coefficient (Wildman–Crippen LogP) is 0.348. The van der Waals surface area contributed by atoms with Gasteiger partial charge in [0.15, 0.2) is 0 Å². The van der Waals surface area contributed by atoms with E-state index in [2.05, 4.69) is 4.90 Å². The zero-order valence-electron chi connectivity index (χ0n) is 13.0. The van der Waals surface area contributed by atoms with E-state index in [1.54, 1.807) is 7.11 Å². The molecule has 22 heavy (non-hydrogen) atoms. The average molecular weight is 308 g/mol. The van der Waals surface area contributed by atoms with Crippen LogP contribution >= 0.6 is 0 Å². The summed E-state index contributed by atoms with van der Waals surface area (Å²) < 4.78 is 10.6. The Balaban J connectivity index is 1.67. The number of aliphatic hydroxyl groups excluding tert-OH is 1. The molecule has 1 aromatic carbocycles. The molecular weight excluding hydrogens is 284 g/mol. The number of nitrogens with zero attached hydrogens (tertiary/aromatic N) is 2. The fraction of sp³-hybridized carbons (Fsp3) is 0.562. The first kappa shape index (κ1) is 16.7. The number of β-amino-alcohol motifs (C(OH)–C–C–N with tert-alkyl or cyclic N) is 1. The Morgan fingerprint density at radius 1 is 1.18 bits per heavy atom. The van der Waals surface area contributed by atoms with Gasteiger partial charge in [-0.25, -0.2) is 0 Å². The second kappa shape index (κ2) is 8.73. The normalized spacial score (nSPS) is 15.8. The average Bonchev–Trinajstić information content (AvgIpc) is 2.56. The van der Waals surface area contributed by atoms with Crippen LogP contribution in [0.3, 0.4) is 0 Å². The van der Waals surface area contributed by atoms with Gasteiger partial charge in [0.25, 0.3) is 0 Å². The molecule has 1 saturated heterocycles. The Hall–Kier alpha value is -1.63. The second-order valence-electron chi connectivity index (χ2n) is 5.29. The molecule has 1 aliphatic rings. The minimum atomic E-state index is 0.0251. The van der Waals surface area contributed by atoms with Gasteiger partial charge in [-0.1, -0.05) is 12.1 Å². The van der Waals surface area contributed by atoms with Gasteiger partial charge in [-0.15, -0.1) is 0 Å². The molecule has 1 fully saturated rings. The molecule has 6 nitrogen and oxygen atoms in total. The molecule has 0 spiro atoms. The highest BCUT2D eigenvalue weighted by Gasteiger charge is 2.20. The van der Waals surface area contributed by atoms with Crippen molar-refractivity contribution < 1.29 is 19.4 Å². The number of hydrogen-bond acceptors (Lipinski definition) is 5. The van der Waals surface area contributed by atoms with Crippen molar-refractivity contribution in [3.63, 3.8) is 0 Å². The van der Waals surface area contributed by atoms with E-state index in [9.17, 15) is 4.79 Å². The Morgan fingerprint density at radius 3 is 2.45 bits per heavy atom. The van der Waals surface area contributed by atoms with Gasteiger partial charge in [0.1, 0.15) is 12.4 Å². The number of carbonyl (C=O) groups excluding carboxylic acids is 1. The van der Waals surface area contributed by atoms with E-state index >= 15 is 0 Å². The van der Waals surface area contributed by atoms with Crippen LogP contribution in [0.25, 0.3) is 0 Å². The first-order valence-electron chi connectivity index (χ1n) is 7.54. The summed E-state index contributed by atoms with van der Waals surface area (Å²) in [5.74, 6) is 0.831. The highest BCUT2D eigenvalue weighted by atomic mass is 16.5. The number of hydrogen-bond donors (Lipinski definition) is 1. The van der Waals surface area contributed by atoms with Crippen LogP contribution in [-0.2, 0) is 16.1 Å². The van der Waals surface area contributed by atoms with Crippen molar-refractivity contribution in [2.45, 2.75) is 6.61 Å². The molecular formula is C16H24N2O4. The van der Waals surface area contributed by atoms with Gasteiger partial charge in [-0.2, -0.15) is 0 Å². The Morgan fingerprint density at radius 2 is 1.86 bits per heavy atom. The van der Waals surface area contributed by atoms with Crippen LogP contribution < -0.4 is 4.74 Å². The first-order valence-corrected chi connectivity index (χ1v) is 7.54. The lowest BCUT2D eigenvalue weighted by Gasteiger charge is -2.34. The summed E-state index contributed by atoms with van der Waals surface area (Å²) in [5, 5.41) is 8.90. The topological polar surface area (TPSA) is 62.2 Å². The van der Waals surface area contributed by atoms with E-state index in [1.165, 1.54) is 0 Å². The van der Waals surface area contributed by atoms with Gasteiger partial charge in [0.2, 0.25) is 5.91 Å². The number of aliphatic hydroxyl groups is 1. The molecule has 0 aromatic heterocycles. The highest BCUT2D eigenvalue weighted by Crippen LogP contribution is 2.12. The molecule has 1 aromatic rings. The molecule has 0 atom stereocenters. The van der Waals surface area contributed by atoms with E-state index in [0.717, 1.165) is 24.4 Å². The number of methoxy groups -OCH3 is 1. The van der Waals surface area contributed by atoms with E-state index in [4.69, 9.17) is 14.6 Å². The number of amides is 1. The number of carbonyl (C=O) groups is 1. The predicted molar refractivity (Wildman–Crippen MR) is 82.8 cm³/mol. The summed E-state index contributed by atoms with van der Waals surface area (Å²) in [6, 6.07) is 7.61. The van der Waals surface area contributed by atoms with E-state index in [1.807, 2.05) is 29.2 Å². The van der Waals surface area contributed by atoms with Gasteiger partial charge in [-0.05, 0) is 17.7 Å². The summed E-state index contributed by atoms with van der Waals surface area (Å²) in [6.07, 6.45) is 0. The van der Waals surface area contributed by atoms with Crippen molar-refractivity contribution in [2.24, 2.45) is 0 Å².